The molecule has 0 amide bonds. The van der Waals surface area contributed by atoms with Gasteiger partial charge in [0.05, 0.1) is 4.88 Å². The van der Waals surface area contributed by atoms with E-state index in [0.717, 1.165) is 21.2 Å². The minimum Gasteiger partial charge on any atom is -0.288 e. The van der Waals surface area contributed by atoms with Crippen molar-refractivity contribution in [2.24, 2.45) is 0 Å². The molecule has 1 heterocycles. The second kappa shape index (κ2) is 4.92. The van der Waals surface area contributed by atoms with Crippen LogP contribution in [0.1, 0.15) is 26.4 Å². The van der Waals surface area contributed by atoms with Crippen molar-refractivity contribution in [3.8, 4) is 0 Å². The van der Waals surface area contributed by atoms with Gasteiger partial charge in [0.25, 0.3) is 0 Å². The summed E-state index contributed by atoms with van der Waals surface area (Å²) in [5.74, 6) is 0.0400. The lowest BCUT2D eigenvalue weighted by Crippen LogP contribution is -2.04. The predicted molar refractivity (Wildman–Crippen MR) is 76.4 cm³/mol. The van der Waals surface area contributed by atoms with Crippen molar-refractivity contribution in [3.63, 3.8) is 0 Å². The molecule has 0 radical (unpaired) electrons. The summed E-state index contributed by atoms with van der Waals surface area (Å²) in [4.78, 5) is 13.1. The fraction of sp³-hybridized carbons (Fsp3) is 0.154. The van der Waals surface area contributed by atoms with Gasteiger partial charge in [-0.05, 0) is 47.0 Å². The normalized spacial score (nSPS) is 10.6. The molecule has 0 aliphatic rings. The lowest BCUT2D eigenvalue weighted by molar-refractivity contribution is 0.104. The summed E-state index contributed by atoms with van der Waals surface area (Å²) >= 11 is 10.6. The first-order valence-corrected chi connectivity index (χ1v) is 7.05. The number of benzene rings is 1. The lowest BCUT2D eigenvalue weighted by Gasteiger charge is -2.06. The third-order valence-electron chi connectivity index (χ3n) is 2.58. The maximum atomic E-state index is 12.4. The fourth-order valence-corrected chi connectivity index (χ4v) is 3.40. The van der Waals surface area contributed by atoms with Gasteiger partial charge in [0, 0.05) is 10.0 Å². The first-order chi connectivity index (χ1) is 8.00. The van der Waals surface area contributed by atoms with Gasteiger partial charge in [0.2, 0.25) is 5.78 Å². The highest BCUT2D eigenvalue weighted by Crippen LogP contribution is 2.33. The van der Waals surface area contributed by atoms with Crippen molar-refractivity contribution in [3.05, 3.63) is 54.6 Å². The van der Waals surface area contributed by atoms with Crippen molar-refractivity contribution in [1.29, 1.82) is 0 Å². The van der Waals surface area contributed by atoms with E-state index in [1.165, 1.54) is 11.3 Å². The van der Waals surface area contributed by atoms with Gasteiger partial charge in [0.15, 0.2) is 0 Å². The van der Waals surface area contributed by atoms with E-state index in [2.05, 4.69) is 15.9 Å². The highest BCUT2D eigenvalue weighted by molar-refractivity contribution is 9.10. The molecular weight excluding hydrogens is 320 g/mol. The topological polar surface area (TPSA) is 17.1 Å². The number of carbonyl (C=O) groups is 1. The molecule has 0 fully saturated rings. The molecule has 1 aromatic heterocycles. The average molecular weight is 330 g/mol. The zero-order chi connectivity index (χ0) is 12.6. The van der Waals surface area contributed by atoms with Crippen LogP contribution in [0.4, 0.5) is 0 Å². The van der Waals surface area contributed by atoms with Gasteiger partial charge >= 0.3 is 0 Å². The summed E-state index contributed by atoms with van der Waals surface area (Å²) in [5.41, 5.74) is 2.77. The monoisotopic (exact) mass is 328 g/mol. The van der Waals surface area contributed by atoms with E-state index in [1.807, 2.05) is 32.0 Å². The molecule has 0 N–H and O–H groups in total. The number of ketones is 1. The van der Waals surface area contributed by atoms with Crippen LogP contribution in [0.25, 0.3) is 0 Å². The van der Waals surface area contributed by atoms with Gasteiger partial charge in [-0.1, -0.05) is 29.8 Å². The van der Waals surface area contributed by atoms with Crippen LogP contribution < -0.4 is 0 Å². The SMILES string of the molecule is Cc1cccc(C)c1C(=O)c1cc(Br)c(Cl)s1. The fourth-order valence-electron chi connectivity index (χ4n) is 1.75. The highest BCUT2D eigenvalue weighted by Gasteiger charge is 2.17. The third kappa shape index (κ3) is 2.46. The first-order valence-electron chi connectivity index (χ1n) is 5.06. The molecule has 0 aliphatic carbocycles. The van der Waals surface area contributed by atoms with Crippen LogP contribution in [0, 0.1) is 13.8 Å². The van der Waals surface area contributed by atoms with Gasteiger partial charge < -0.3 is 0 Å². The third-order valence-corrected chi connectivity index (χ3v) is 5.05. The minimum atomic E-state index is 0.0400. The Morgan fingerprint density at radius 3 is 2.35 bits per heavy atom. The number of aryl methyl sites for hydroxylation is 2. The number of hydrogen-bond donors (Lipinski definition) is 0. The maximum absolute atomic E-state index is 12.4. The number of hydrogen-bond acceptors (Lipinski definition) is 2. The number of rotatable bonds is 2. The van der Waals surface area contributed by atoms with Crippen LogP contribution in [0.15, 0.2) is 28.7 Å². The maximum Gasteiger partial charge on any atom is 0.203 e. The second-order valence-corrected chi connectivity index (χ2v) is 6.34. The average Bonchev–Trinajstić information content (AvgIpc) is 2.59. The molecule has 1 aromatic carbocycles. The summed E-state index contributed by atoms with van der Waals surface area (Å²) in [6, 6.07) is 7.63. The van der Waals surface area contributed by atoms with Crippen LogP contribution in [-0.2, 0) is 0 Å². The van der Waals surface area contributed by atoms with Gasteiger partial charge in [0.1, 0.15) is 4.34 Å². The quantitative estimate of drug-likeness (QED) is 0.708. The van der Waals surface area contributed by atoms with Crippen molar-refractivity contribution in [1.82, 2.24) is 0 Å². The van der Waals surface area contributed by atoms with Crippen LogP contribution in [0.5, 0.6) is 0 Å². The summed E-state index contributed by atoms with van der Waals surface area (Å²) in [6.45, 7) is 3.90. The van der Waals surface area contributed by atoms with E-state index in [9.17, 15) is 4.79 Å². The second-order valence-electron chi connectivity index (χ2n) is 3.83. The smallest absolute Gasteiger partial charge is 0.203 e. The van der Waals surface area contributed by atoms with Crippen LogP contribution in [0.2, 0.25) is 4.34 Å². The molecule has 88 valence electrons. The summed E-state index contributed by atoms with van der Waals surface area (Å²) < 4.78 is 1.39. The molecule has 0 unspecified atom stereocenters. The molecule has 2 aromatic rings. The van der Waals surface area contributed by atoms with Crippen molar-refractivity contribution in [2.75, 3.05) is 0 Å². The molecule has 2 rings (SSSR count). The summed E-state index contributed by atoms with van der Waals surface area (Å²) in [6.07, 6.45) is 0. The Morgan fingerprint density at radius 2 is 1.88 bits per heavy atom. The molecule has 0 spiro atoms. The molecule has 1 nitrogen and oxygen atoms in total. The van der Waals surface area contributed by atoms with Gasteiger partial charge in [-0.2, -0.15) is 0 Å². The Labute approximate surface area is 118 Å². The van der Waals surface area contributed by atoms with E-state index in [1.54, 1.807) is 6.07 Å². The molecule has 0 bridgehead atoms. The van der Waals surface area contributed by atoms with E-state index in [-0.39, 0.29) is 5.78 Å². The molecular formula is C13H10BrClOS. The zero-order valence-electron chi connectivity index (χ0n) is 9.38. The largest absolute Gasteiger partial charge is 0.288 e. The summed E-state index contributed by atoms with van der Waals surface area (Å²) in [5, 5.41) is 0. The lowest BCUT2D eigenvalue weighted by atomic mass is 9.98. The molecule has 0 aliphatic heterocycles. The van der Waals surface area contributed by atoms with Gasteiger partial charge in [-0.3, -0.25) is 4.79 Å². The molecule has 0 saturated carbocycles. The van der Waals surface area contributed by atoms with E-state index in [0.29, 0.717) is 9.21 Å². The van der Waals surface area contributed by atoms with Crippen LogP contribution in [0.3, 0.4) is 0 Å². The number of carbonyl (C=O) groups excluding carboxylic acids is 1. The highest BCUT2D eigenvalue weighted by atomic mass is 79.9. The van der Waals surface area contributed by atoms with Gasteiger partial charge in [-0.25, -0.2) is 0 Å². The molecule has 0 saturated heterocycles. The Morgan fingerprint density at radius 1 is 1.29 bits per heavy atom. The van der Waals surface area contributed by atoms with Crippen LogP contribution >= 0.6 is 38.9 Å². The number of halogens is 2. The minimum absolute atomic E-state index is 0.0400. The molecule has 17 heavy (non-hydrogen) atoms. The number of thiophene rings is 1. The molecule has 4 heteroatoms. The first kappa shape index (κ1) is 12.8. The molecule has 0 atom stereocenters. The Hall–Kier alpha value is -0.640. The predicted octanol–water partition coefficient (Wildman–Crippen LogP) is 5.01. The Bertz CT molecular complexity index is 549. The van der Waals surface area contributed by atoms with E-state index < -0.39 is 0 Å². The van der Waals surface area contributed by atoms with Crippen molar-refractivity contribution >= 4 is 44.7 Å². The zero-order valence-corrected chi connectivity index (χ0v) is 12.5. The van der Waals surface area contributed by atoms with Crippen LogP contribution in [-0.4, -0.2) is 5.78 Å². The van der Waals surface area contributed by atoms with E-state index >= 15 is 0 Å². The van der Waals surface area contributed by atoms with E-state index in [4.69, 9.17) is 11.6 Å². The van der Waals surface area contributed by atoms with Crippen molar-refractivity contribution in [2.45, 2.75) is 13.8 Å². The Balaban J connectivity index is 2.51. The summed E-state index contributed by atoms with van der Waals surface area (Å²) in [7, 11) is 0. The Kier molecular flexibility index (Phi) is 3.71. The van der Waals surface area contributed by atoms with Crippen molar-refractivity contribution < 1.29 is 4.79 Å². The van der Waals surface area contributed by atoms with Gasteiger partial charge in [-0.15, -0.1) is 11.3 Å². The standard InChI is InChI=1S/C13H10BrClOS/c1-7-4-3-5-8(2)11(7)12(16)10-6-9(14)13(15)17-10/h3-6H,1-2H3.